The highest BCUT2D eigenvalue weighted by Crippen LogP contribution is 2.40. The maximum absolute atomic E-state index is 11.3. The second-order valence-electron chi connectivity index (χ2n) is 7.52. The van der Waals surface area contributed by atoms with Crippen LogP contribution < -0.4 is 5.73 Å². The first kappa shape index (κ1) is 19.0. The number of carbonyl (C=O) groups is 1. The lowest BCUT2D eigenvalue weighted by Gasteiger charge is -2.18. The average molecular weight is 332 g/mol. The van der Waals surface area contributed by atoms with E-state index >= 15 is 0 Å². The summed E-state index contributed by atoms with van der Waals surface area (Å²) in [5.41, 5.74) is 7.64. The molecule has 0 bridgehead atoms. The van der Waals surface area contributed by atoms with Gasteiger partial charge in [0.2, 0.25) is 0 Å². The molecule has 1 saturated carbocycles. The molecule has 1 aromatic carbocycles. The van der Waals surface area contributed by atoms with Crippen LogP contribution in [-0.4, -0.2) is 16.6 Å². The molecule has 1 aliphatic carbocycles. The normalized spacial score (nSPS) is 23.5. The van der Waals surface area contributed by atoms with Gasteiger partial charge in [-0.05, 0) is 49.1 Å². The number of rotatable bonds is 10. The molecule has 2 rings (SSSR count). The van der Waals surface area contributed by atoms with Crippen molar-refractivity contribution < 1.29 is 9.90 Å². The number of aryl methyl sites for hydroxylation is 1. The molecule has 0 aliphatic heterocycles. The minimum atomic E-state index is -1.03. The topological polar surface area (TPSA) is 63.3 Å². The molecule has 0 aromatic heterocycles. The summed E-state index contributed by atoms with van der Waals surface area (Å²) < 4.78 is 0. The Morgan fingerprint density at radius 3 is 2.58 bits per heavy atom. The van der Waals surface area contributed by atoms with Crippen LogP contribution in [0.1, 0.15) is 88.2 Å². The Hall–Kier alpha value is -1.35. The fraction of sp³-hybridized carbons (Fsp3) is 0.667. The molecule has 2 unspecified atom stereocenters. The van der Waals surface area contributed by atoms with Gasteiger partial charge >= 0.3 is 5.97 Å². The fourth-order valence-corrected chi connectivity index (χ4v) is 3.84. The maximum Gasteiger partial charge on any atom is 0.323 e. The molecule has 24 heavy (non-hydrogen) atoms. The van der Waals surface area contributed by atoms with Crippen molar-refractivity contribution in [2.24, 2.45) is 5.73 Å². The molecule has 0 radical (unpaired) electrons. The highest BCUT2D eigenvalue weighted by atomic mass is 16.4. The zero-order chi connectivity index (χ0) is 17.4. The van der Waals surface area contributed by atoms with Crippen molar-refractivity contribution >= 4 is 5.97 Å². The van der Waals surface area contributed by atoms with Crippen LogP contribution in [0.25, 0.3) is 0 Å². The van der Waals surface area contributed by atoms with Gasteiger partial charge in [-0.2, -0.15) is 0 Å². The summed E-state index contributed by atoms with van der Waals surface area (Å²) in [5.74, 6) is -0.565. The second kappa shape index (κ2) is 9.22. The lowest BCUT2D eigenvalue weighted by atomic mass is 9.91. The predicted octanol–water partition coefficient (Wildman–Crippen LogP) is 5.03. The monoisotopic (exact) mass is 331 g/mol. The smallest absolute Gasteiger partial charge is 0.323 e. The summed E-state index contributed by atoms with van der Waals surface area (Å²) in [7, 11) is 0. The minimum absolute atomic E-state index is 0.292. The molecule has 0 saturated heterocycles. The molecule has 3 nitrogen and oxygen atoms in total. The third-order valence-corrected chi connectivity index (χ3v) is 5.47. The zero-order valence-electron chi connectivity index (χ0n) is 15.1. The van der Waals surface area contributed by atoms with Crippen molar-refractivity contribution in [3.8, 4) is 0 Å². The lowest BCUT2D eigenvalue weighted by Crippen LogP contribution is -2.45. The van der Waals surface area contributed by atoms with Gasteiger partial charge in [0.25, 0.3) is 0 Å². The largest absolute Gasteiger partial charge is 0.480 e. The standard InChI is InChI=1S/C21H33NO2/c1-2-3-4-5-6-7-8-10-17-11-9-12-18(15-17)19-13-14-21(22,16-19)20(23)24/h9,11-12,15,19H,2-8,10,13-14,16,22H2,1H3,(H,23,24). The number of hydrogen-bond acceptors (Lipinski definition) is 2. The van der Waals surface area contributed by atoms with Gasteiger partial charge in [-0.3, -0.25) is 4.79 Å². The Labute approximate surface area is 146 Å². The van der Waals surface area contributed by atoms with E-state index in [9.17, 15) is 9.90 Å². The van der Waals surface area contributed by atoms with Crippen LogP contribution in [-0.2, 0) is 11.2 Å². The number of aliphatic carboxylic acids is 1. The van der Waals surface area contributed by atoms with Crippen LogP contribution in [0.15, 0.2) is 24.3 Å². The third-order valence-electron chi connectivity index (χ3n) is 5.47. The summed E-state index contributed by atoms with van der Waals surface area (Å²) in [6, 6.07) is 8.72. The van der Waals surface area contributed by atoms with E-state index in [-0.39, 0.29) is 0 Å². The Morgan fingerprint density at radius 2 is 1.92 bits per heavy atom. The Kier molecular flexibility index (Phi) is 7.29. The first-order valence-electron chi connectivity index (χ1n) is 9.66. The maximum atomic E-state index is 11.3. The van der Waals surface area contributed by atoms with Crippen molar-refractivity contribution in [2.45, 2.75) is 89.0 Å². The second-order valence-corrected chi connectivity index (χ2v) is 7.52. The van der Waals surface area contributed by atoms with Crippen LogP contribution >= 0.6 is 0 Å². The van der Waals surface area contributed by atoms with E-state index < -0.39 is 11.5 Å². The lowest BCUT2D eigenvalue weighted by molar-refractivity contribution is -0.143. The molecule has 2 atom stereocenters. The minimum Gasteiger partial charge on any atom is -0.480 e. The molecule has 1 fully saturated rings. The van der Waals surface area contributed by atoms with Crippen molar-refractivity contribution in [3.63, 3.8) is 0 Å². The molecule has 134 valence electrons. The highest BCUT2D eigenvalue weighted by molar-refractivity contribution is 5.79. The predicted molar refractivity (Wildman–Crippen MR) is 99.3 cm³/mol. The molecule has 3 N–H and O–H groups in total. The number of unbranched alkanes of at least 4 members (excludes halogenated alkanes) is 6. The fourth-order valence-electron chi connectivity index (χ4n) is 3.84. The van der Waals surface area contributed by atoms with E-state index in [1.807, 2.05) is 0 Å². The molecule has 1 aliphatic rings. The van der Waals surface area contributed by atoms with Gasteiger partial charge in [-0.15, -0.1) is 0 Å². The van der Waals surface area contributed by atoms with Gasteiger partial charge in [0, 0.05) is 0 Å². The summed E-state index contributed by atoms with van der Waals surface area (Å²) in [6.45, 7) is 2.25. The number of nitrogens with two attached hydrogens (primary N) is 1. The van der Waals surface area contributed by atoms with E-state index in [0.29, 0.717) is 18.8 Å². The molecule has 0 amide bonds. The molecular weight excluding hydrogens is 298 g/mol. The molecule has 0 heterocycles. The number of benzene rings is 1. The van der Waals surface area contributed by atoms with Crippen LogP contribution in [0.3, 0.4) is 0 Å². The van der Waals surface area contributed by atoms with E-state index in [1.54, 1.807) is 0 Å². The van der Waals surface area contributed by atoms with Crippen molar-refractivity contribution in [3.05, 3.63) is 35.4 Å². The van der Waals surface area contributed by atoms with Crippen LogP contribution in [0.5, 0.6) is 0 Å². The highest BCUT2D eigenvalue weighted by Gasteiger charge is 2.42. The molecular formula is C21H33NO2. The average Bonchev–Trinajstić information content (AvgIpc) is 2.98. The van der Waals surface area contributed by atoms with E-state index in [0.717, 1.165) is 12.8 Å². The van der Waals surface area contributed by atoms with Gasteiger partial charge < -0.3 is 10.8 Å². The molecule has 1 aromatic rings. The van der Waals surface area contributed by atoms with Gasteiger partial charge in [-0.1, -0.05) is 69.7 Å². The van der Waals surface area contributed by atoms with Crippen LogP contribution in [0.4, 0.5) is 0 Å². The van der Waals surface area contributed by atoms with Crippen LogP contribution in [0.2, 0.25) is 0 Å². The quantitative estimate of drug-likeness (QED) is 0.591. The number of hydrogen-bond donors (Lipinski definition) is 2. The van der Waals surface area contributed by atoms with Crippen molar-refractivity contribution in [1.82, 2.24) is 0 Å². The summed E-state index contributed by atoms with van der Waals surface area (Å²) in [6.07, 6.45) is 12.4. The van der Waals surface area contributed by atoms with Crippen molar-refractivity contribution in [2.75, 3.05) is 0 Å². The Morgan fingerprint density at radius 1 is 1.21 bits per heavy atom. The van der Waals surface area contributed by atoms with Gasteiger partial charge in [0.05, 0.1) is 0 Å². The molecule has 3 heteroatoms. The van der Waals surface area contributed by atoms with Gasteiger partial charge in [-0.25, -0.2) is 0 Å². The summed E-state index contributed by atoms with van der Waals surface area (Å²) >= 11 is 0. The van der Waals surface area contributed by atoms with Gasteiger partial charge in [0.15, 0.2) is 0 Å². The first-order chi connectivity index (χ1) is 11.5. The van der Waals surface area contributed by atoms with Gasteiger partial charge in [0.1, 0.15) is 5.54 Å². The summed E-state index contributed by atoms with van der Waals surface area (Å²) in [4.78, 5) is 11.3. The van der Waals surface area contributed by atoms with E-state index in [4.69, 9.17) is 5.73 Å². The Bertz CT molecular complexity index is 528. The number of carboxylic acid groups (broad SMARTS) is 1. The van der Waals surface area contributed by atoms with Crippen LogP contribution in [0, 0.1) is 0 Å². The Balaban J connectivity index is 1.79. The molecule has 0 spiro atoms. The number of carboxylic acids is 1. The van der Waals surface area contributed by atoms with Crippen molar-refractivity contribution in [1.29, 1.82) is 0 Å². The third kappa shape index (κ3) is 5.34. The van der Waals surface area contributed by atoms with E-state index in [2.05, 4.69) is 31.2 Å². The SMILES string of the molecule is CCCCCCCCCc1cccc(C2CCC(N)(C(=O)O)C2)c1. The zero-order valence-corrected chi connectivity index (χ0v) is 15.1. The van der Waals surface area contributed by atoms with E-state index in [1.165, 1.54) is 56.1 Å². The summed E-state index contributed by atoms with van der Waals surface area (Å²) in [5, 5.41) is 9.29. The first-order valence-corrected chi connectivity index (χ1v) is 9.66.